The number of hydrogen-bond donors (Lipinski definition) is 1. The van der Waals surface area contributed by atoms with Crippen molar-refractivity contribution in [1.82, 2.24) is 0 Å². The van der Waals surface area contributed by atoms with E-state index in [1.807, 2.05) is 6.26 Å². The van der Waals surface area contributed by atoms with Crippen LogP contribution in [0.1, 0.15) is 86.5 Å². The quantitative estimate of drug-likeness (QED) is 0.167. The smallest absolute Gasteiger partial charge is 0.319 e. The van der Waals surface area contributed by atoms with Crippen LogP contribution < -0.4 is 10.4 Å². The van der Waals surface area contributed by atoms with Gasteiger partial charge in [0.25, 0.3) is 0 Å². The van der Waals surface area contributed by atoms with Gasteiger partial charge in [-0.1, -0.05) is 108 Å². The number of rotatable bonds is 6. The SMILES string of the molecule is COC(=O)[C@]12CCC(C(C)C)=C1[C@H]1CC/C(=C\O[Si](c3ccccc3)(c3ccccc3)C(C)(C)C)CC(O)[C@]1(C)CC2. The Labute approximate surface area is 254 Å². The van der Waals surface area contributed by atoms with E-state index in [-0.39, 0.29) is 22.3 Å². The third-order valence-electron chi connectivity index (χ3n) is 11.0. The average molecular weight is 587 g/mol. The van der Waals surface area contributed by atoms with Gasteiger partial charge >= 0.3 is 14.3 Å². The molecule has 2 aromatic rings. The first-order valence-corrected chi connectivity index (χ1v) is 17.8. The number of fused-ring (bicyclic) bond motifs is 3. The highest BCUT2D eigenvalue weighted by atomic mass is 28.4. The van der Waals surface area contributed by atoms with E-state index in [0.29, 0.717) is 12.3 Å². The largest absolute Gasteiger partial charge is 0.540 e. The maximum absolute atomic E-state index is 13.4. The fraction of sp³-hybridized carbons (Fsp3) is 0.541. The minimum atomic E-state index is -2.74. The van der Waals surface area contributed by atoms with E-state index in [4.69, 9.17) is 9.16 Å². The third kappa shape index (κ3) is 4.91. The van der Waals surface area contributed by atoms with Crippen molar-refractivity contribution >= 4 is 24.7 Å². The van der Waals surface area contributed by atoms with E-state index in [1.165, 1.54) is 34.2 Å². The number of carbonyl (C=O) groups is 1. The van der Waals surface area contributed by atoms with E-state index < -0.39 is 19.8 Å². The van der Waals surface area contributed by atoms with Crippen molar-refractivity contribution < 1.29 is 19.1 Å². The van der Waals surface area contributed by atoms with Crippen LogP contribution in [-0.2, 0) is 14.0 Å². The number of allylic oxidation sites excluding steroid dienone is 1. The molecule has 1 unspecified atom stereocenters. The predicted molar refractivity (Wildman–Crippen MR) is 173 cm³/mol. The van der Waals surface area contributed by atoms with Crippen molar-refractivity contribution in [2.24, 2.45) is 22.7 Å². The first-order chi connectivity index (χ1) is 19.9. The average Bonchev–Trinajstić information content (AvgIpc) is 3.32. The Bertz CT molecular complexity index is 1300. The Kier molecular flexibility index (Phi) is 8.41. The molecule has 2 saturated carbocycles. The lowest BCUT2D eigenvalue weighted by Gasteiger charge is -2.51. The van der Waals surface area contributed by atoms with E-state index in [0.717, 1.165) is 38.5 Å². The maximum atomic E-state index is 13.4. The van der Waals surface area contributed by atoms with Gasteiger partial charge in [0, 0.05) is 5.41 Å². The monoisotopic (exact) mass is 586 g/mol. The molecule has 5 rings (SSSR count). The van der Waals surface area contributed by atoms with Crippen LogP contribution >= 0.6 is 0 Å². The summed E-state index contributed by atoms with van der Waals surface area (Å²) >= 11 is 0. The summed E-state index contributed by atoms with van der Waals surface area (Å²) in [5, 5.41) is 14.3. The first kappa shape index (κ1) is 30.8. The Morgan fingerprint density at radius 2 is 1.57 bits per heavy atom. The number of aliphatic hydroxyl groups is 1. The second-order valence-electron chi connectivity index (χ2n) is 14.5. The summed E-state index contributed by atoms with van der Waals surface area (Å²) in [6.45, 7) is 13.6. The molecule has 42 heavy (non-hydrogen) atoms. The van der Waals surface area contributed by atoms with Gasteiger partial charge in [0.05, 0.1) is 24.9 Å². The molecule has 5 heteroatoms. The zero-order valence-corrected chi connectivity index (χ0v) is 27.7. The van der Waals surface area contributed by atoms with E-state index in [2.05, 4.69) is 102 Å². The van der Waals surface area contributed by atoms with Gasteiger partial charge in [0.2, 0.25) is 0 Å². The molecule has 0 amide bonds. The molecule has 2 aromatic carbocycles. The van der Waals surface area contributed by atoms with Crippen molar-refractivity contribution in [3.05, 3.63) is 83.6 Å². The fourth-order valence-corrected chi connectivity index (χ4v) is 13.0. The van der Waals surface area contributed by atoms with Crippen LogP contribution in [0.2, 0.25) is 5.04 Å². The van der Waals surface area contributed by atoms with Crippen LogP contribution in [0, 0.1) is 22.7 Å². The van der Waals surface area contributed by atoms with Gasteiger partial charge < -0.3 is 14.3 Å². The highest BCUT2D eigenvalue weighted by molar-refractivity contribution is 6.99. The van der Waals surface area contributed by atoms with Crippen molar-refractivity contribution in [2.75, 3.05) is 7.11 Å². The van der Waals surface area contributed by atoms with Crippen LogP contribution in [0.4, 0.5) is 0 Å². The molecule has 3 aliphatic carbocycles. The molecule has 1 N–H and O–H groups in total. The Morgan fingerprint density at radius 3 is 2.10 bits per heavy atom. The molecule has 0 bridgehead atoms. The Balaban J connectivity index is 1.56. The van der Waals surface area contributed by atoms with Gasteiger partial charge in [0.1, 0.15) is 0 Å². The second kappa shape index (κ2) is 11.5. The zero-order chi connectivity index (χ0) is 30.3. The van der Waals surface area contributed by atoms with Crippen molar-refractivity contribution in [3.8, 4) is 0 Å². The van der Waals surface area contributed by atoms with Gasteiger partial charge in [-0.3, -0.25) is 4.79 Å². The second-order valence-corrected chi connectivity index (χ2v) is 18.8. The standard InChI is InChI=1S/C37H50O4Si/c1-26(2)30-20-21-37(34(39)40-7)23-22-36(6)31(33(30)37)19-18-27(24-32(36)38)25-41-42(35(3,4)5,28-14-10-8-11-15-28)29-16-12-9-13-17-29/h8-17,25-26,31-32,38H,18-24H2,1-7H3/b27-25+/t31-,32?,36-,37+/m1/s1. The number of methoxy groups -OCH3 is 1. The lowest BCUT2D eigenvalue weighted by atomic mass is 9.53. The molecule has 4 nitrogen and oxygen atoms in total. The summed E-state index contributed by atoms with van der Waals surface area (Å²) in [6.07, 6.45) is 7.25. The van der Waals surface area contributed by atoms with Crippen molar-refractivity contribution in [3.63, 3.8) is 0 Å². The summed E-state index contributed by atoms with van der Waals surface area (Å²) in [4.78, 5) is 13.4. The minimum absolute atomic E-state index is 0.0836. The maximum Gasteiger partial charge on any atom is 0.319 e. The lowest BCUT2D eigenvalue weighted by molar-refractivity contribution is -0.154. The molecule has 0 saturated heterocycles. The normalized spacial score (nSPS) is 29.2. The number of ether oxygens (including phenoxy) is 1. The minimum Gasteiger partial charge on any atom is -0.540 e. The predicted octanol–water partition coefficient (Wildman–Crippen LogP) is 7.31. The molecule has 2 fully saturated rings. The summed E-state index contributed by atoms with van der Waals surface area (Å²) in [5.74, 6) is 0.446. The van der Waals surface area contributed by atoms with Crippen LogP contribution in [0.25, 0.3) is 0 Å². The van der Waals surface area contributed by atoms with E-state index >= 15 is 0 Å². The molecule has 226 valence electrons. The topological polar surface area (TPSA) is 55.8 Å². The number of hydrogen-bond acceptors (Lipinski definition) is 4. The number of aliphatic hydroxyl groups excluding tert-OH is 1. The van der Waals surface area contributed by atoms with Crippen molar-refractivity contribution in [2.45, 2.75) is 97.6 Å². The van der Waals surface area contributed by atoms with Gasteiger partial charge in [-0.25, -0.2) is 0 Å². The molecule has 0 aromatic heterocycles. The van der Waals surface area contributed by atoms with Gasteiger partial charge in [-0.15, -0.1) is 0 Å². The third-order valence-corrected chi connectivity index (χ3v) is 15.9. The fourth-order valence-electron chi connectivity index (χ4n) is 8.59. The van der Waals surface area contributed by atoms with Crippen molar-refractivity contribution in [1.29, 1.82) is 0 Å². The first-order valence-electron chi connectivity index (χ1n) is 15.9. The van der Waals surface area contributed by atoms with Crippen LogP contribution in [0.5, 0.6) is 0 Å². The summed E-state index contributed by atoms with van der Waals surface area (Å²) in [7, 11) is -1.21. The van der Waals surface area contributed by atoms with Gasteiger partial charge in [-0.2, -0.15) is 0 Å². The summed E-state index contributed by atoms with van der Waals surface area (Å²) in [5.41, 5.74) is 3.06. The van der Waals surface area contributed by atoms with E-state index in [9.17, 15) is 9.90 Å². The molecular formula is C37H50O4Si. The molecule has 0 aliphatic heterocycles. The highest BCUT2D eigenvalue weighted by Gasteiger charge is 2.60. The molecule has 0 heterocycles. The molecule has 0 spiro atoms. The van der Waals surface area contributed by atoms with Crippen LogP contribution in [0.3, 0.4) is 0 Å². The van der Waals surface area contributed by atoms with Gasteiger partial charge in [-0.05, 0) is 83.3 Å². The zero-order valence-electron chi connectivity index (χ0n) is 26.7. The van der Waals surface area contributed by atoms with Crippen LogP contribution in [0.15, 0.2) is 83.6 Å². The lowest BCUT2D eigenvalue weighted by Crippen LogP contribution is -2.65. The number of esters is 1. The molecule has 3 aliphatic rings. The number of carbonyl (C=O) groups excluding carboxylic acids is 1. The van der Waals surface area contributed by atoms with Crippen LogP contribution in [-0.4, -0.2) is 32.6 Å². The summed E-state index contributed by atoms with van der Waals surface area (Å²) in [6, 6.07) is 21.4. The molecule has 0 radical (unpaired) electrons. The number of benzene rings is 2. The molecule has 4 atom stereocenters. The summed E-state index contributed by atoms with van der Waals surface area (Å²) < 4.78 is 12.6. The van der Waals surface area contributed by atoms with E-state index in [1.54, 1.807) is 0 Å². The van der Waals surface area contributed by atoms with Gasteiger partial charge in [0.15, 0.2) is 0 Å². The Morgan fingerprint density at radius 1 is 0.976 bits per heavy atom. The Hall–Kier alpha value is -2.63. The highest BCUT2D eigenvalue weighted by Crippen LogP contribution is 2.64. The molecular weight excluding hydrogens is 536 g/mol.